The van der Waals surface area contributed by atoms with Crippen molar-refractivity contribution >= 4 is 16.0 Å². The number of carboxylic acid groups (broad SMARTS) is 1. The lowest BCUT2D eigenvalue weighted by atomic mass is 10.3. The summed E-state index contributed by atoms with van der Waals surface area (Å²) in [4.78, 5) is 10.6. The summed E-state index contributed by atoms with van der Waals surface area (Å²) in [6.07, 6.45) is 0.227. The molecule has 112 valence electrons. The zero-order valence-electron chi connectivity index (χ0n) is 11.6. The largest absolute Gasteiger partial charge is 0.494 e. The maximum absolute atomic E-state index is 12.2. The molecule has 0 unspecified atom stereocenters. The second-order valence-corrected chi connectivity index (χ2v) is 6.27. The van der Waals surface area contributed by atoms with Gasteiger partial charge in [0.2, 0.25) is 10.0 Å². The number of aliphatic carboxylic acids is 1. The minimum Gasteiger partial charge on any atom is -0.494 e. The summed E-state index contributed by atoms with van der Waals surface area (Å²) in [5.74, 6) is -0.322. The van der Waals surface area contributed by atoms with Gasteiger partial charge in [0, 0.05) is 20.0 Å². The van der Waals surface area contributed by atoms with Gasteiger partial charge in [0.15, 0.2) is 0 Å². The molecule has 0 saturated carbocycles. The van der Waals surface area contributed by atoms with E-state index in [1.54, 1.807) is 12.1 Å². The number of sulfonamides is 1. The summed E-state index contributed by atoms with van der Waals surface area (Å²) >= 11 is 0. The van der Waals surface area contributed by atoms with Crippen LogP contribution in [0.3, 0.4) is 0 Å². The fraction of sp³-hybridized carbons (Fsp3) is 0.462. The molecule has 20 heavy (non-hydrogen) atoms. The predicted molar refractivity (Wildman–Crippen MR) is 74.3 cm³/mol. The summed E-state index contributed by atoms with van der Waals surface area (Å²) in [6.45, 7) is 2.53. The minimum absolute atomic E-state index is 0.0524. The summed E-state index contributed by atoms with van der Waals surface area (Å²) in [5.41, 5.74) is 0. The van der Waals surface area contributed by atoms with Gasteiger partial charge in [0.05, 0.1) is 11.5 Å². The van der Waals surface area contributed by atoms with Crippen molar-refractivity contribution < 1.29 is 23.1 Å². The molecule has 1 N–H and O–H groups in total. The summed E-state index contributed by atoms with van der Waals surface area (Å²) < 4.78 is 30.8. The van der Waals surface area contributed by atoms with Crippen LogP contribution in [0.2, 0.25) is 0 Å². The number of hydrogen-bond donors (Lipinski definition) is 1. The second kappa shape index (κ2) is 7.25. The molecule has 0 aliphatic heterocycles. The number of benzene rings is 1. The summed E-state index contributed by atoms with van der Waals surface area (Å²) in [6, 6.07) is 6.16. The summed E-state index contributed by atoms with van der Waals surface area (Å²) in [7, 11) is -2.15. The number of ether oxygens (including phenoxy) is 1. The topological polar surface area (TPSA) is 83.9 Å². The Morgan fingerprint density at radius 3 is 2.40 bits per heavy atom. The third-order valence-electron chi connectivity index (χ3n) is 2.71. The van der Waals surface area contributed by atoms with E-state index >= 15 is 0 Å². The fourth-order valence-corrected chi connectivity index (χ4v) is 2.84. The highest BCUT2D eigenvalue weighted by Gasteiger charge is 2.20. The molecule has 1 aromatic carbocycles. The highest BCUT2D eigenvalue weighted by atomic mass is 32.2. The molecular formula is C13H19NO5S. The lowest BCUT2D eigenvalue weighted by molar-refractivity contribution is -0.137. The first-order valence-corrected chi connectivity index (χ1v) is 7.73. The Morgan fingerprint density at radius 1 is 1.30 bits per heavy atom. The van der Waals surface area contributed by atoms with E-state index in [9.17, 15) is 13.2 Å². The fourth-order valence-electron chi connectivity index (χ4n) is 1.63. The highest BCUT2D eigenvalue weighted by molar-refractivity contribution is 7.89. The Balaban J connectivity index is 2.73. The van der Waals surface area contributed by atoms with Crippen LogP contribution < -0.4 is 4.74 Å². The van der Waals surface area contributed by atoms with Crippen molar-refractivity contribution in [1.29, 1.82) is 0 Å². The van der Waals surface area contributed by atoms with Gasteiger partial charge in [-0.3, -0.25) is 4.79 Å². The molecule has 0 aliphatic carbocycles. The highest BCUT2D eigenvalue weighted by Crippen LogP contribution is 2.19. The SMILES string of the molecule is CCOc1ccc(S(=O)(=O)N(C)CCCC(=O)O)cc1. The van der Waals surface area contributed by atoms with Crippen molar-refractivity contribution in [2.75, 3.05) is 20.2 Å². The molecule has 7 heteroatoms. The van der Waals surface area contributed by atoms with Crippen molar-refractivity contribution in [1.82, 2.24) is 4.31 Å². The van der Waals surface area contributed by atoms with Gasteiger partial charge in [-0.05, 0) is 37.6 Å². The van der Waals surface area contributed by atoms with E-state index in [1.165, 1.54) is 19.2 Å². The molecule has 0 radical (unpaired) electrons. The Kier molecular flexibility index (Phi) is 5.97. The molecule has 0 saturated heterocycles. The average Bonchev–Trinajstić information content (AvgIpc) is 2.39. The van der Waals surface area contributed by atoms with Crippen LogP contribution in [-0.4, -0.2) is 44.0 Å². The number of hydrogen-bond acceptors (Lipinski definition) is 4. The van der Waals surface area contributed by atoms with Gasteiger partial charge in [-0.15, -0.1) is 0 Å². The molecule has 6 nitrogen and oxygen atoms in total. The third kappa shape index (κ3) is 4.50. The smallest absolute Gasteiger partial charge is 0.303 e. The molecule has 0 amide bonds. The van der Waals surface area contributed by atoms with E-state index in [0.717, 1.165) is 4.31 Å². The molecule has 0 aliphatic rings. The van der Waals surface area contributed by atoms with Crippen LogP contribution in [0.15, 0.2) is 29.2 Å². The van der Waals surface area contributed by atoms with Crippen LogP contribution in [0.25, 0.3) is 0 Å². The molecular weight excluding hydrogens is 282 g/mol. The van der Waals surface area contributed by atoms with Crippen LogP contribution >= 0.6 is 0 Å². The van der Waals surface area contributed by atoms with E-state index in [-0.39, 0.29) is 24.3 Å². The zero-order chi connectivity index (χ0) is 15.2. The van der Waals surface area contributed by atoms with Gasteiger partial charge < -0.3 is 9.84 Å². The van der Waals surface area contributed by atoms with Crippen molar-refractivity contribution in [2.24, 2.45) is 0 Å². The monoisotopic (exact) mass is 301 g/mol. The van der Waals surface area contributed by atoms with Gasteiger partial charge in [0.25, 0.3) is 0 Å². The van der Waals surface area contributed by atoms with Crippen molar-refractivity contribution in [3.05, 3.63) is 24.3 Å². The molecule has 0 bridgehead atoms. The van der Waals surface area contributed by atoms with Crippen LogP contribution in [0.1, 0.15) is 19.8 Å². The zero-order valence-corrected chi connectivity index (χ0v) is 12.4. The second-order valence-electron chi connectivity index (χ2n) is 4.23. The molecule has 0 fully saturated rings. The lowest BCUT2D eigenvalue weighted by Gasteiger charge is -2.17. The standard InChI is InChI=1S/C13H19NO5S/c1-3-19-11-6-8-12(9-7-11)20(17,18)14(2)10-4-5-13(15)16/h6-9H,3-5,10H2,1-2H3,(H,15,16). The van der Waals surface area contributed by atoms with Crippen molar-refractivity contribution in [2.45, 2.75) is 24.7 Å². The Hall–Kier alpha value is -1.60. The van der Waals surface area contributed by atoms with Crippen LogP contribution in [0.4, 0.5) is 0 Å². The van der Waals surface area contributed by atoms with Gasteiger partial charge in [0.1, 0.15) is 5.75 Å². The molecule has 0 spiro atoms. The van der Waals surface area contributed by atoms with E-state index in [0.29, 0.717) is 12.4 Å². The molecule has 0 heterocycles. The van der Waals surface area contributed by atoms with Crippen LogP contribution in [0.5, 0.6) is 5.75 Å². The first-order valence-electron chi connectivity index (χ1n) is 6.29. The van der Waals surface area contributed by atoms with Gasteiger partial charge in [-0.25, -0.2) is 12.7 Å². The first kappa shape index (κ1) is 16.5. The number of rotatable bonds is 8. The van der Waals surface area contributed by atoms with Crippen molar-refractivity contribution in [3.63, 3.8) is 0 Å². The van der Waals surface area contributed by atoms with E-state index in [1.807, 2.05) is 6.92 Å². The first-order chi connectivity index (χ1) is 9.37. The number of nitrogens with zero attached hydrogens (tertiary/aromatic N) is 1. The maximum Gasteiger partial charge on any atom is 0.303 e. The summed E-state index contributed by atoms with van der Waals surface area (Å²) in [5, 5.41) is 8.55. The molecule has 0 atom stereocenters. The van der Waals surface area contributed by atoms with Crippen LogP contribution in [0, 0.1) is 0 Å². The molecule has 1 aromatic rings. The predicted octanol–water partition coefficient (Wildman–Crippen LogP) is 1.57. The van der Waals surface area contributed by atoms with E-state index in [4.69, 9.17) is 9.84 Å². The van der Waals surface area contributed by atoms with Gasteiger partial charge >= 0.3 is 5.97 Å². The van der Waals surface area contributed by atoms with Crippen molar-refractivity contribution in [3.8, 4) is 5.75 Å². The molecule has 1 rings (SSSR count). The van der Waals surface area contributed by atoms with E-state index < -0.39 is 16.0 Å². The third-order valence-corrected chi connectivity index (χ3v) is 4.58. The Bertz CT molecular complexity index is 538. The maximum atomic E-state index is 12.2. The molecule has 0 aromatic heterocycles. The average molecular weight is 301 g/mol. The quantitative estimate of drug-likeness (QED) is 0.788. The Morgan fingerprint density at radius 2 is 1.90 bits per heavy atom. The normalized spacial score (nSPS) is 11.6. The minimum atomic E-state index is -3.58. The Labute approximate surface area is 119 Å². The van der Waals surface area contributed by atoms with Gasteiger partial charge in [-0.2, -0.15) is 0 Å². The lowest BCUT2D eigenvalue weighted by Crippen LogP contribution is -2.28. The number of carbonyl (C=O) groups is 1. The van der Waals surface area contributed by atoms with E-state index in [2.05, 4.69) is 0 Å². The van der Waals surface area contributed by atoms with Gasteiger partial charge in [-0.1, -0.05) is 0 Å². The number of carboxylic acids is 1. The van der Waals surface area contributed by atoms with Crippen LogP contribution in [-0.2, 0) is 14.8 Å².